The monoisotopic (exact) mass is 554 g/mol. The number of nitrogens with zero attached hydrogens (tertiary/aromatic N) is 6. The van der Waals surface area contributed by atoms with Crippen LogP contribution in [0.1, 0.15) is 11.1 Å². The molecule has 2 aromatic heterocycles. The second kappa shape index (κ2) is 13.9. The predicted molar refractivity (Wildman–Crippen MR) is 160 cm³/mol. The zero-order valence-corrected chi connectivity index (χ0v) is 23.4. The lowest BCUT2D eigenvalue weighted by molar-refractivity contribution is 0.373. The van der Waals surface area contributed by atoms with Gasteiger partial charge in [0.15, 0.2) is 11.5 Å². The third-order valence-electron chi connectivity index (χ3n) is 6.00. The number of rotatable bonds is 8. The van der Waals surface area contributed by atoms with Crippen molar-refractivity contribution < 1.29 is 9.84 Å². The molecule has 0 atom stereocenters. The number of ether oxygens (including phenoxy) is 1. The minimum Gasteiger partial charge on any atom is -0.504 e. The van der Waals surface area contributed by atoms with Gasteiger partial charge in [0.2, 0.25) is 0 Å². The zero-order chi connectivity index (χ0) is 28.3. The average Bonchev–Trinajstić information content (AvgIpc) is 2.99. The Balaban J connectivity index is 0.000000201. The Morgan fingerprint density at radius 3 is 1.82 bits per heavy atom. The molecule has 5 aromatic rings. The fraction of sp³-hybridized carbons (Fsp3) is 0.161. The van der Waals surface area contributed by atoms with E-state index in [-0.39, 0.29) is 5.75 Å². The molecule has 0 radical (unpaired) electrons. The van der Waals surface area contributed by atoms with Crippen molar-refractivity contribution in [3.8, 4) is 22.8 Å². The Hall–Kier alpha value is -4.69. The highest BCUT2D eigenvalue weighted by Gasteiger charge is 2.10. The Morgan fingerprint density at radius 2 is 1.27 bits per heavy atom. The third kappa shape index (κ3) is 7.91. The van der Waals surface area contributed by atoms with Crippen molar-refractivity contribution in [2.24, 2.45) is 0 Å². The van der Waals surface area contributed by atoms with Gasteiger partial charge in [-0.25, -0.2) is 9.97 Å². The molecule has 0 spiro atoms. The third-order valence-corrected chi connectivity index (χ3v) is 6.18. The molecule has 3 aromatic carbocycles. The summed E-state index contributed by atoms with van der Waals surface area (Å²) in [4.78, 5) is 21.2. The summed E-state index contributed by atoms with van der Waals surface area (Å²) >= 11 is 5.79. The van der Waals surface area contributed by atoms with Gasteiger partial charge in [-0.05, 0) is 29.3 Å². The number of phenols is 1. The van der Waals surface area contributed by atoms with E-state index in [0.717, 1.165) is 36.0 Å². The molecule has 0 saturated carbocycles. The highest BCUT2D eigenvalue weighted by molar-refractivity contribution is 6.29. The van der Waals surface area contributed by atoms with Crippen LogP contribution in [0.3, 0.4) is 0 Å². The van der Waals surface area contributed by atoms with Gasteiger partial charge < -0.3 is 19.6 Å². The average molecular weight is 555 g/mol. The van der Waals surface area contributed by atoms with Gasteiger partial charge in [0.05, 0.1) is 37.6 Å². The molecule has 0 aliphatic rings. The zero-order valence-electron chi connectivity index (χ0n) is 22.6. The van der Waals surface area contributed by atoms with Crippen LogP contribution in [-0.2, 0) is 13.1 Å². The van der Waals surface area contributed by atoms with E-state index in [1.807, 2.05) is 60.3 Å². The maximum Gasteiger partial charge on any atom is 0.161 e. The number of hydrogen-bond donors (Lipinski definition) is 1. The highest BCUT2D eigenvalue weighted by Crippen LogP contribution is 2.31. The van der Waals surface area contributed by atoms with Gasteiger partial charge in [-0.1, -0.05) is 72.3 Å². The molecule has 0 aliphatic heterocycles. The molecule has 0 unspecified atom stereocenters. The van der Waals surface area contributed by atoms with Crippen LogP contribution in [0.15, 0.2) is 104 Å². The summed E-state index contributed by atoms with van der Waals surface area (Å²) in [6.45, 7) is 1.54. The minimum atomic E-state index is 0.103. The maximum absolute atomic E-state index is 9.72. The van der Waals surface area contributed by atoms with E-state index in [9.17, 15) is 5.11 Å². The molecule has 1 N–H and O–H groups in total. The van der Waals surface area contributed by atoms with Crippen LogP contribution in [0.4, 0.5) is 11.6 Å². The molecule has 0 saturated heterocycles. The lowest BCUT2D eigenvalue weighted by Gasteiger charge is -2.18. The molecule has 0 bridgehead atoms. The summed E-state index contributed by atoms with van der Waals surface area (Å²) in [5.74, 6) is 2.07. The summed E-state index contributed by atoms with van der Waals surface area (Å²) in [5, 5.41) is 10.1. The number of benzene rings is 3. The Morgan fingerprint density at radius 1 is 0.725 bits per heavy atom. The lowest BCUT2D eigenvalue weighted by atomic mass is 10.1. The van der Waals surface area contributed by atoms with Gasteiger partial charge >= 0.3 is 0 Å². The van der Waals surface area contributed by atoms with Gasteiger partial charge in [0.1, 0.15) is 16.8 Å². The van der Waals surface area contributed by atoms with Crippen LogP contribution < -0.4 is 14.5 Å². The van der Waals surface area contributed by atoms with Crippen molar-refractivity contribution in [3.63, 3.8) is 0 Å². The van der Waals surface area contributed by atoms with Crippen LogP contribution >= 0.6 is 11.6 Å². The van der Waals surface area contributed by atoms with Crippen LogP contribution in [0.2, 0.25) is 5.15 Å². The van der Waals surface area contributed by atoms with E-state index in [1.54, 1.807) is 36.8 Å². The second-order valence-electron chi connectivity index (χ2n) is 9.03. The minimum absolute atomic E-state index is 0.103. The van der Waals surface area contributed by atoms with Crippen molar-refractivity contribution in [2.75, 3.05) is 31.0 Å². The molecule has 204 valence electrons. The topological polar surface area (TPSA) is 87.5 Å². The smallest absolute Gasteiger partial charge is 0.161 e. The van der Waals surface area contributed by atoms with E-state index in [2.05, 4.69) is 44.2 Å². The molecule has 0 fully saturated rings. The summed E-state index contributed by atoms with van der Waals surface area (Å²) in [6, 6.07) is 25.5. The van der Waals surface area contributed by atoms with Crippen molar-refractivity contribution in [2.45, 2.75) is 13.1 Å². The maximum atomic E-state index is 9.72. The summed E-state index contributed by atoms with van der Waals surface area (Å²) in [7, 11) is 5.47. The predicted octanol–water partition coefficient (Wildman–Crippen LogP) is 6.26. The molecule has 40 heavy (non-hydrogen) atoms. The van der Waals surface area contributed by atoms with E-state index in [1.165, 1.54) is 24.4 Å². The van der Waals surface area contributed by atoms with E-state index in [4.69, 9.17) is 16.3 Å². The summed E-state index contributed by atoms with van der Waals surface area (Å²) in [6.07, 6.45) is 6.67. The molecule has 0 amide bonds. The summed E-state index contributed by atoms with van der Waals surface area (Å²) < 4.78 is 5.16. The van der Waals surface area contributed by atoms with E-state index < -0.39 is 0 Å². The number of halogens is 1. The van der Waals surface area contributed by atoms with E-state index >= 15 is 0 Å². The van der Waals surface area contributed by atoms with Gasteiger partial charge in [0.25, 0.3) is 0 Å². The Kier molecular flexibility index (Phi) is 9.85. The Bertz CT molecular complexity index is 1500. The van der Waals surface area contributed by atoms with E-state index in [0.29, 0.717) is 10.9 Å². The largest absolute Gasteiger partial charge is 0.504 e. The van der Waals surface area contributed by atoms with Crippen molar-refractivity contribution in [1.82, 2.24) is 19.9 Å². The van der Waals surface area contributed by atoms with Crippen molar-refractivity contribution in [3.05, 3.63) is 120 Å². The fourth-order valence-electron chi connectivity index (χ4n) is 3.91. The first-order chi connectivity index (χ1) is 19.4. The number of hydrogen-bond acceptors (Lipinski definition) is 8. The number of anilines is 2. The fourth-order valence-corrected chi connectivity index (χ4v) is 4.05. The van der Waals surface area contributed by atoms with Gasteiger partial charge in [-0.15, -0.1) is 0 Å². The van der Waals surface area contributed by atoms with Gasteiger partial charge in [-0.3, -0.25) is 9.97 Å². The SMILES string of the molecule is CN(Cc1ccccc1)c1cncc(Cl)n1.COc1cc(-c2cncc(N(C)Cc3ccccc3)n2)ccc1O. The van der Waals surface area contributed by atoms with Crippen molar-refractivity contribution in [1.29, 1.82) is 0 Å². The molecule has 2 heterocycles. The quantitative estimate of drug-likeness (QED) is 0.240. The molecule has 9 heteroatoms. The number of methoxy groups -OCH3 is 1. The van der Waals surface area contributed by atoms with Crippen molar-refractivity contribution >= 4 is 23.2 Å². The van der Waals surface area contributed by atoms with Crippen LogP contribution in [0.25, 0.3) is 11.3 Å². The van der Waals surface area contributed by atoms with Crippen LogP contribution in [-0.4, -0.2) is 46.2 Å². The lowest BCUT2D eigenvalue weighted by Crippen LogP contribution is -2.18. The molecular formula is C31H31ClN6O2. The number of phenolic OH excluding ortho intramolecular Hbond substituents is 1. The first-order valence-electron chi connectivity index (χ1n) is 12.6. The van der Waals surface area contributed by atoms with Crippen LogP contribution in [0, 0.1) is 0 Å². The van der Waals surface area contributed by atoms with Gasteiger partial charge in [-0.2, -0.15) is 0 Å². The van der Waals surface area contributed by atoms with Crippen LogP contribution in [0.5, 0.6) is 11.5 Å². The standard InChI is InChI=1S/C19H19N3O2.C12H12ClN3/c1-22(13-14-6-4-3-5-7-14)19-12-20-11-16(21-19)15-8-9-17(23)18(10-15)24-2;1-16(9-10-5-3-2-4-6-10)12-8-14-7-11(13)15-12/h3-12,23H,13H2,1-2H3;2-8H,9H2,1H3. The highest BCUT2D eigenvalue weighted by atomic mass is 35.5. The van der Waals surface area contributed by atoms with Gasteiger partial charge in [0, 0.05) is 32.7 Å². The Labute approximate surface area is 239 Å². The number of aromatic nitrogens is 4. The second-order valence-corrected chi connectivity index (χ2v) is 9.42. The normalized spacial score (nSPS) is 10.3. The molecule has 8 nitrogen and oxygen atoms in total. The molecular weight excluding hydrogens is 524 g/mol. The summed E-state index contributed by atoms with van der Waals surface area (Å²) in [5.41, 5.74) is 4.00. The molecule has 5 rings (SSSR count). The molecule has 0 aliphatic carbocycles. The first-order valence-corrected chi connectivity index (χ1v) is 13.0. The number of aromatic hydroxyl groups is 1. The first kappa shape index (κ1) is 28.3.